The van der Waals surface area contributed by atoms with Crippen molar-refractivity contribution in [2.24, 2.45) is 7.05 Å². The number of carbonyl (C=O) groups excluding carboxylic acids is 1. The van der Waals surface area contributed by atoms with Gasteiger partial charge in [0.25, 0.3) is 0 Å². The monoisotopic (exact) mass is 307 g/mol. The van der Waals surface area contributed by atoms with Crippen LogP contribution in [0.15, 0.2) is 0 Å². The predicted molar refractivity (Wildman–Crippen MR) is 83.7 cm³/mol. The third-order valence-corrected chi connectivity index (χ3v) is 4.49. The molecule has 7 heteroatoms. The number of carbonyl (C=O) groups is 1. The largest absolute Gasteiger partial charge is 0.343 e. The van der Waals surface area contributed by atoms with Crippen molar-refractivity contribution < 1.29 is 4.79 Å². The second kappa shape index (κ2) is 5.63. The summed E-state index contributed by atoms with van der Waals surface area (Å²) in [6.45, 7) is 4.49. The van der Waals surface area contributed by atoms with Crippen LogP contribution in [-0.4, -0.2) is 43.2 Å². The first-order valence-corrected chi connectivity index (χ1v) is 7.94. The first-order valence-electron chi connectivity index (χ1n) is 7.54. The summed E-state index contributed by atoms with van der Waals surface area (Å²) in [6, 6.07) is 0. The molecule has 1 aliphatic rings. The molecule has 3 rings (SSSR count). The lowest BCUT2D eigenvalue weighted by Gasteiger charge is -2.15. The molecule has 0 aromatic carbocycles. The van der Waals surface area contributed by atoms with Crippen LogP contribution in [0.2, 0.25) is 0 Å². The molecule has 0 saturated carbocycles. The number of hydrogen-bond donors (Lipinski definition) is 1. The van der Waals surface area contributed by atoms with Crippen molar-refractivity contribution in [3.63, 3.8) is 0 Å². The Bertz CT molecular complexity index is 720. The molecule has 1 fully saturated rings. The highest BCUT2D eigenvalue weighted by atomic mass is 32.1. The Hall–Kier alpha value is -1.63. The summed E-state index contributed by atoms with van der Waals surface area (Å²) in [5, 5.41) is 4.50. The average Bonchev–Trinajstić information content (AvgIpc) is 3.15. The lowest BCUT2D eigenvalue weighted by Crippen LogP contribution is -2.28. The van der Waals surface area contributed by atoms with Crippen molar-refractivity contribution in [1.82, 2.24) is 24.2 Å². The molecule has 0 radical (unpaired) electrons. The highest BCUT2D eigenvalue weighted by molar-refractivity contribution is 7.71. The molecule has 3 heterocycles. The van der Waals surface area contributed by atoms with Crippen LogP contribution in [0.3, 0.4) is 0 Å². The van der Waals surface area contributed by atoms with Gasteiger partial charge in [0.15, 0.2) is 10.4 Å². The van der Waals surface area contributed by atoms with E-state index in [1.807, 2.05) is 21.2 Å². The molecule has 2 aromatic heterocycles. The number of amides is 1. The molecule has 0 bridgehead atoms. The molecule has 6 nitrogen and oxygen atoms in total. The summed E-state index contributed by atoms with van der Waals surface area (Å²) < 4.78 is 4.51. The van der Waals surface area contributed by atoms with E-state index < -0.39 is 0 Å². The molecular weight excluding hydrogens is 286 g/mol. The van der Waals surface area contributed by atoms with Crippen LogP contribution >= 0.6 is 12.2 Å². The van der Waals surface area contributed by atoms with Gasteiger partial charge in [0, 0.05) is 33.1 Å². The summed E-state index contributed by atoms with van der Waals surface area (Å²) in [5.74, 6) is 0.224. The van der Waals surface area contributed by atoms with E-state index >= 15 is 0 Å². The Morgan fingerprint density at radius 2 is 2.10 bits per heavy atom. The molecule has 0 atom stereocenters. The van der Waals surface area contributed by atoms with Crippen molar-refractivity contribution in [2.75, 3.05) is 13.1 Å². The van der Waals surface area contributed by atoms with E-state index in [0.29, 0.717) is 17.7 Å². The number of nitrogens with zero attached hydrogens (tertiary/aromatic N) is 4. The fraction of sp³-hybridized carbons (Fsp3) is 0.643. The maximum absolute atomic E-state index is 12.2. The topological polar surface area (TPSA) is 58.9 Å². The Kier molecular flexibility index (Phi) is 3.84. The van der Waals surface area contributed by atoms with E-state index in [1.54, 1.807) is 0 Å². The number of imidazole rings is 1. The van der Waals surface area contributed by atoms with Gasteiger partial charge in [-0.25, -0.2) is 0 Å². The zero-order chi connectivity index (χ0) is 15.0. The lowest BCUT2D eigenvalue weighted by atomic mass is 10.3. The van der Waals surface area contributed by atoms with E-state index in [9.17, 15) is 4.79 Å². The maximum Gasteiger partial charge on any atom is 0.224 e. The van der Waals surface area contributed by atoms with Gasteiger partial charge in [0.05, 0.1) is 5.69 Å². The van der Waals surface area contributed by atoms with Crippen LogP contribution in [0.4, 0.5) is 0 Å². The quantitative estimate of drug-likeness (QED) is 0.879. The average molecular weight is 307 g/mol. The van der Waals surface area contributed by atoms with Crippen molar-refractivity contribution in [1.29, 1.82) is 0 Å². The summed E-state index contributed by atoms with van der Waals surface area (Å²) in [4.78, 5) is 17.4. The number of aromatic amines is 1. The van der Waals surface area contributed by atoms with Gasteiger partial charge in [-0.15, -0.1) is 0 Å². The minimum Gasteiger partial charge on any atom is -0.343 e. The van der Waals surface area contributed by atoms with Crippen molar-refractivity contribution in [3.8, 4) is 0 Å². The van der Waals surface area contributed by atoms with Crippen molar-refractivity contribution in [3.05, 3.63) is 10.5 Å². The van der Waals surface area contributed by atoms with Crippen molar-refractivity contribution in [2.45, 2.75) is 39.2 Å². The normalized spacial score (nSPS) is 15.2. The molecule has 2 aromatic rings. The molecule has 1 amide bonds. The number of rotatable bonds is 4. The first-order chi connectivity index (χ1) is 10.1. The SMILES string of the molecule is CCc1nn(C)c2c1[nH]c(=S)n2CCC(=O)N1CCCC1. The van der Waals surface area contributed by atoms with Crippen LogP contribution in [-0.2, 0) is 24.8 Å². The van der Waals surface area contributed by atoms with Crippen LogP contribution in [0.1, 0.15) is 31.9 Å². The highest BCUT2D eigenvalue weighted by Crippen LogP contribution is 2.19. The number of nitrogens with one attached hydrogen (secondary N) is 1. The van der Waals surface area contributed by atoms with Crippen LogP contribution < -0.4 is 0 Å². The third kappa shape index (κ3) is 2.50. The van der Waals surface area contributed by atoms with E-state index in [4.69, 9.17) is 12.2 Å². The van der Waals surface area contributed by atoms with E-state index in [0.717, 1.165) is 49.2 Å². The van der Waals surface area contributed by atoms with E-state index in [2.05, 4.69) is 17.0 Å². The van der Waals surface area contributed by atoms with Gasteiger partial charge in [-0.3, -0.25) is 9.48 Å². The number of hydrogen-bond acceptors (Lipinski definition) is 3. The van der Waals surface area contributed by atoms with Gasteiger partial charge in [-0.1, -0.05) is 6.92 Å². The molecule has 1 saturated heterocycles. The van der Waals surface area contributed by atoms with E-state index in [-0.39, 0.29) is 5.91 Å². The van der Waals surface area contributed by atoms with Crippen LogP contribution in [0.25, 0.3) is 11.2 Å². The van der Waals surface area contributed by atoms with Crippen LogP contribution in [0.5, 0.6) is 0 Å². The fourth-order valence-electron chi connectivity index (χ4n) is 3.06. The Labute approximate surface area is 128 Å². The minimum absolute atomic E-state index is 0.224. The summed E-state index contributed by atoms with van der Waals surface area (Å²) in [5.41, 5.74) is 2.99. The van der Waals surface area contributed by atoms with Gasteiger partial charge in [0.2, 0.25) is 5.91 Å². The molecule has 0 spiro atoms. The zero-order valence-corrected chi connectivity index (χ0v) is 13.4. The summed E-state index contributed by atoms with van der Waals surface area (Å²) in [6.07, 6.45) is 3.61. The highest BCUT2D eigenvalue weighted by Gasteiger charge is 2.19. The molecule has 21 heavy (non-hydrogen) atoms. The molecule has 1 N–H and O–H groups in total. The number of likely N-dealkylation sites (tertiary alicyclic amines) is 1. The molecule has 114 valence electrons. The number of aryl methyl sites for hydroxylation is 3. The second-order valence-electron chi connectivity index (χ2n) is 5.54. The molecular formula is C14H21N5OS. The van der Waals surface area contributed by atoms with Gasteiger partial charge >= 0.3 is 0 Å². The predicted octanol–water partition coefficient (Wildman–Crippen LogP) is 2.01. The Balaban J connectivity index is 1.83. The molecule has 1 aliphatic heterocycles. The van der Waals surface area contributed by atoms with E-state index in [1.165, 1.54) is 0 Å². The number of fused-ring (bicyclic) bond motifs is 1. The lowest BCUT2D eigenvalue weighted by molar-refractivity contribution is -0.130. The molecule has 0 unspecified atom stereocenters. The summed E-state index contributed by atoms with van der Waals surface area (Å²) in [7, 11) is 1.92. The van der Waals surface area contributed by atoms with Crippen molar-refractivity contribution >= 4 is 29.3 Å². The third-order valence-electron chi connectivity index (χ3n) is 4.17. The standard InChI is InChI=1S/C14H21N5OS/c1-3-10-12-13(17(2)16-10)19(14(21)15-12)9-6-11(20)18-7-4-5-8-18/h3-9H2,1-2H3,(H,15,21). The maximum atomic E-state index is 12.2. The smallest absolute Gasteiger partial charge is 0.224 e. The fourth-order valence-corrected chi connectivity index (χ4v) is 3.34. The van der Waals surface area contributed by atoms with Gasteiger partial charge in [-0.2, -0.15) is 5.10 Å². The number of aromatic nitrogens is 4. The van der Waals surface area contributed by atoms with Gasteiger partial charge in [0.1, 0.15) is 5.52 Å². The van der Waals surface area contributed by atoms with Gasteiger partial charge < -0.3 is 14.5 Å². The first kappa shape index (κ1) is 14.3. The second-order valence-corrected chi connectivity index (χ2v) is 5.93. The Morgan fingerprint density at radius 3 is 2.76 bits per heavy atom. The molecule has 0 aliphatic carbocycles. The van der Waals surface area contributed by atoms with Crippen LogP contribution in [0, 0.1) is 4.77 Å². The zero-order valence-electron chi connectivity index (χ0n) is 12.6. The summed E-state index contributed by atoms with van der Waals surface area (Å²) >= 11 is 5.40. The number of H-pyrrole nitrogens is 1. The minimum atomic E-state index is 0.224. The Morgan fingerprint density at radius 1 is 1.38 bits per heavy atom. The van der Waals surface area contributed by atoms with Gasteiger partial charge in [-0.05, 0) is 31.5 Å².